The summed E-state index contributed by atoms with van der Waals surface area (Å²) in [4.78, 5) is 4.39. The second-order valence-corrected chi connectivity index (χ2v) is 6.14. The van der Waals surface area contributed by atoms with E-state index in [-0.39, 0.29) is 0 Å². The number of ether oxygens (including phenoxy) is 4. The molecule has 0 amide bonds. The van der Waals surface area contributed by atoms with Gasteiger partial charge in [-0.1, -0.05) is 0 Å². The number of rotatable bonds is 6. The summed E-state index contributed by atoms with van der Waals surface area (Å²) in [5.74, 6) is 3.56. The molecule has 0 aliphatic rings. The molecule has 7 heteroatoms. The van der Waals surface area contributed by atoms with Crippen LogP contribution < -0.4 is 18.9 Å². The Morgan fingerprint density at radius 1 is 0.808 bits per heavy atom. The summed E-state index contributed by atoms with van der Waals surface area (Å²) in [7, 11) is 6.36. The van der Waals surface area contributed by atoms with E-state index in [1.54, 1.807) is 34.6 Å². The maximum absolute atomic E-state index is 5.95. The summed E-state index contributed by atoms with van der Waals surface area (Å²) in [6.45, 7) is 0. The number of hydrogen-bond acceptors (Lipinski definition) is 6. The standard InChI is InChI=1S/C19H18BrNO5/c1-22-14-6-5-11(7-15(14)23-2)18-10-21-19(26-18)12-8-16(24-3)17(25-4)9-13(12)20/h5-10H,1-4H3. The molecule has 6 nitrogen and oxygen atoms in total. The van der Waals surface area contributed by atoms with Gasteiger partial charge in [0.25, 0.3) is 0 Å². The fourth-order valence-corrected chi connectivity index (χ4v) is 3.03. The first-order chi connectivity index (χ1) is 12.6. The predicted octanol–water partition coefficient (Wildman–Crippen LogP) is 4.81. The van der Waals surface area contributed by atoms with E-state index in [4.69, 9.17) is 23.4 Å². The highest BCUT2D eigenvalue weighted by molar-refractivity contribution is 9.10. The van der Waals surface area contributed by atoms with Crippen LogP contribution in [0.5, 0.6) is 23.0 Å². The lowest BCUT2D eigenvalue weighted by atomic mass is 10.1. The Morgan fingerprint density at radius 3 is 2.08 bits per heavy atom. The molecule has 26 heavy (non-hydrogen) atoms. The minimum Gasteiger partial charge on any atom is -0.493 e. The fourth-order valence-electron chi connectivity index (χ4n) is 2.54. The molecule has 0 saturated heterocycles. The molecule has 1 heterocycles. The molecular weight excluding hydrogens is 402 g/mol. The molecular formula is C19H18BrNO5. The lowest BCUT2D eigenvalue weighted by Gasteiger charge is -2.10. The molecule has 0 unspecified atom stereocenters. The molecule has 0 aliphatic heterocycles. The van der Waals surface area contributed by atoms with Gasteiger partial charge in [-0.15, -0.1) is 0 Å². The topological polar surface area (TPSA) is 63.0 Å². The summed E-state index contributed by atoms with van der Waals surface area (Å²) in [6.07, 6.45) is 1.67. The van der Waals surface area contributed by atoms with E-state index in [0.29, 0.717) is 34.6 Å². The summed E-state index contributed by atoms with van der Waals surface area (Å²) >= 11 is 3.52. The first-order valence-corrected chi connectivity index (χ1v) is 8.50. The average molecular weight is 420 g/mol. The van der Waals surface area contributed by atoms with E-state index in [9.17, 15) is 0 Å². The van der Waals surface area contributed by atoms with Gasteiger partial charge in [0.15, 0.2) is 28.8 Å². The van der Waals surface area contributed by atoms with Gasteiger partial charge in [0.1, 0.15) is 0 Å². The normalized spacial score (nSPS) is 10.5. The third kappa shape index (κ3) is 3.35. The molecule has 0 saturated carbocycles. The Hall–Kier alpha value is -2.67. The Kier molecular flexibility index (Phi) is 5.37. The maximum Gasteiger partial charge on any atom is 0.228 e. The summed E-state index contributed by atoms with van der Waals surface area (Å²) in [6, 6.07) is 9.17. The molecule has 1 aromatic heterocycles. The third-order valence-corrected chi connectivity index (χ3v) is 4.53. The number of halogens is 1. The number of oxazole rings is 1. The van der Waals surface area contributed by atoms with Gasteiger partial charge in [0, 0.05) is 10.0 Å². The minimum atomic E-state index is 0.461. The lowest BCUT2D eigenvalue weighted by Crippen LogP contribution is -1.92. The Balaban J connectivity index is 2.01. The zero-order valence-corrected chi connectivity index (χ0v) is 16.4. The van der Waals surface area contributed by atoms with Crippen molar-refractivity contribution in [1.82, 2.24) is 4.98 Å². The first kappa shape index (κ1) is 18.1. The maximum atomic E-state index is 5.95. The molecule has 3 aromatic rings. The Labute approximate surface area is 159 Å². The molecule has 3 rings (SSSR count). The number of methoxy groups -OCH3 is 4. The fraction of sp³-hybridized carbons (Fsp3) is 0.211. The Morgan fingerprint density at radius 2 is 1.42 bits per heavy atom. The largest absolute Gasteiger partial charge is 0.493 e. The molecule has 0 radical (unpaired) electrons. The van der Waals surface area contributed by atoms with Crippen molar-refractivity contribution < 1.29 is 23.4 Å². The molecule has 2 aromatic carbocycles. The molecule has 0 spiro atoms. The third-order valence-electron chi connectivity index (χ3n) is 3.88. The van der Waals surface area contributed by atoms with Crippen molar-refractivity contribution in [2.45, 2.75) is 0 Å². The van der Waals surface area contributed by atoms with Crippen LogP contribution in [0.4, 0.5) is 0 Å². The van der Waals surface area contributed by atoms with Crippen LogP contribution in [0.15, 0.2) is 45.4 Å². The van der Waals surface area contributed by atoms with Gasteiger partial charge in [0.05, 0.1) is 40.2 Å². The van der Waals surface area contributed by atoms with Crippen LogP contribution in [-0.2, 0) is 0 Å². The number of nitrogens with zero attached hydrogens (tertiary/aromatic N) is 1. The van der Waals surface area contributed by atoms with Gasteiger partial charge in [-0.05, 0) is 46.3 Å². The highest BCUT2D eigenvalue weighted by Gasteiger charge is 2.17. The van der Waals surface area contributed by atoms with Crippen molar-refractivity contribution >= 4 is 15.9 Å². The van der Waals surface area contributed by atoms with Crippen molar-refractivity contribution in [1.29, 1.82) is 0 Å². The van der Waals surface area contributed by atoms with E-state index in [1.807, 2.05) is 30.3 Å². The van der Waals surface area contributed by atoms with Gasteiger partial charge in [-0.25, -0.2) is 4.98 Å². The molecule has 0 fully saturated rings. The van der Waals surface area contributed by atoms with Crippen LogP contribution in [-0.4, -0.2) is 33.4 Å². The van der Waals surface area contributed by atoms with Gasteiger partial charge < -0.3 is 23.4 Å². The first-order valence-electron chi connectivity index (χ1n) is 7.71. The SMILES string of the molecule is COc1ccc(-c2cnc(-c3cc(OC)c(OC)cc3Br)o2)cc1OC. The van der Waals surface area contributed by atoms with E-state index in [2.05, 4.69) is 20.9 Å². The molecule has 0 atom stereocenters. The van der Waals surface area contributed by atoms with E-state index >= 15 is 0 Å². The number of aromatic nitrogens is 1. The predicted molar refractivity (Wildman–Crippen MR) is 101 cm³/mol. The van der Waals surface area contributed by atoms with Crippen LogP contribution >= 0.6 is 15.9 Å². The van der Waals surface area contributed by atoms with Crippen molar-refractivity contribution in [3.63, 3.8) is 0 Å². The van der Waals surface area contributed by atoms with E-state index in [1.165, 1.54) is 0 Å². The molecule has 0 bridgehead atoms. The minimum absolute atomic E-state index is 0.461. The van der Waals surface area contributed by atoms with Gasteiger partial charge in [-0.2, -0.15) is 0 Å². The van der Waals surface area contributed by atoms with Crippen LogP contribution in [0.1, 0.15) is 0 Å². The van der Waals surface area contributed by atoms with Gasteiger partial charge in [0.2, 0.25) is 5.89 Å². The highest BCUT2D eigenvalue weighted by Crippen LogP contribution is 2.39. The van der Waals surface area contributed by atoms with Crippen LogP contribution in [0.3, 0.4) is 0 Å². The van der Waals surface area contributed by atoms with Gasteiger partial charge in [-0.3, -0.25) is 0 Å². The van der Waals surface area contributed by atoms with E-state index < -0.39 is 0 Å². The monoisotopic (exact) mass is 419 g/mol. The lowest BCUT2D eigenvalue weighted by molar-refractivity contribution is 0.354. The van der Waals surface area contributed by atoms with Crippen molar-refractivity contribution in [3.8, 4) is 45.8 Å². The van der Waals surface area contributed by atoms with Crippen LogP contribution in [0.25, 0.3) is 22.8 Å². The van der Waals surface area contributed by atoms with Crippen LogP contribution in [0, 0.1) is 0 Å². The summed E-state index contributed by atoms with van der Waals surface area (Å²) in [5.41, 5.74) is 1.59. The molecule has 136 valence electrons. The average Bonchev–Trinajstić information content (AvgIpc) is 3.16. The number of benzene rings is 2. The quantitative estimate of drug-likeness (QED) is 0.571. The molecule has 0 N–H and O–H groups in total. The second kappa shape index (κ2) is 7.70. The highest BCUT2D eigenvalue weighted by atomic mass is 79.9. The van der Waals surface area contributed by atoms with Crippen molar-refractivity contribution in [3.05, 3.63) is 41.0 Å². The van der Waals surface area contributed by atoms with Gasteiger partial charge >= 0.3 is 0 Å². The smallest absolute Gasteiger partial charge is 0.228 e. The molecule has 0 aliphatic carbocycles. The van der Waals surface area contributed by atoms with E-state index in [0.717, 1.165) is 15.6 Å². The summed E-state index contributed by atoms with van der Waals surface area (Å²) < 4.78 is 28.0. The number of hydrogen-bond donors (Lipinski definition) is 0. The second-order valence-electron chi connectivity index (χ2n) is 5.29. The van der Waals surface area contributed by atoms with Crippen molar-refractivity contribution in [2.75, 3.05) is 28.4 Å². The zero-order chi connectivity index (χ0) is 18.7. The zero-order valence-electron chi connectivity index (χ0n) is 14.8. The Bertz CT molecular complexity index is 922. The van der Waals surface area contributed by atoms with Crippen molar-refractivity contribution in [2.24, 2.45) is 0 Å². The van der Waals surface area contributed by atoms with Crippen LogP contribution in [0.2, 0.25) is 0 Å². The summed E-state index contributed by atoms with van der Waals surface area (Å²) in [5, 5.41) is 0.